The number of nitrogens with zero attached hydrogens (tertiary/aromatic N) is 2. The fourth-order valence-electron chi connectivity index (χ4n) is 4.10. The average Bonchev–Trinajstić information content (AvgIpc) is 3.19. The van der Waals surface area contributed by atoms with Gasteiger partial charge in [0.05, 0.1) is 4.91 Å². The molecule has 0 radical (unpaired) electrons. The van der Waals surface area contributed by atoms with Gasteiger partial charge in [-0.1, -0.05) is 46.3 Å². The van der Waals surface area contributed by atoms with Crippen LogP contribution in [0.15, 0.2) is 57.9 Å². The second-order valence-corrected chi connectivity index (χ2v) is 9.91. The highest BCUT2D eigenvalue weighted by Crippen LogP contribution is 2.34. The zero-order chi connectivity index (χ0) is 23.0. The van der Waals surface area contributed by atoms with Gasteiger partial charge in [-0.2, -0.15) is 0 Å². The van der Waals surface area contributed by atoms with E-state index in [0.717, 1.165) is 44.4 Å². The van der Waals surface area contributed by atoms with Crippen molar-refractivity contribution in [2.45, 2.75) is 34.1 Å². The van der Waals surface area contributed by atoms with Crippen LogP contribution < -0.4 is 0 Å². The van der Waals surface area contributed by atoms with E-state index in [2.05, 4.69) is 59.5 Å². The quantitative estimate of drug-likeness (QED) is 0.357. The summed E-state index contributed by atoms with van der Waals surface area (Å²) in [5.41, 5.74) is 7.63. The lowest BCUT2D eigenvalue weighted by molar-refractivity contribution is -0.122. The number of carbonyl (C=O) groups excluding carboxylic acids is 2. The summed E-state index contributed by atoms with van der Waals surface area (Å²) in [5.74, 6) is -0.212. The number of thioether (sulfide) groups is 1. The monoisotopic (exact) mass is 508 g/mol. The van der Waals surface area contributed by atoms with Gasteiger partial charge in [-0.3, -0.25) is 14.5 Å². The number of benzene rings is 2. The average molecular weight is 509 g/mol. The summed E-state index contributed by atoms with van der Waals surface area (Å²) in [5, 5.41) is -0.204. The highest BCUT2D eigenvalue weighted by molar-refractivity contribution is 9.10. The lowest BCUT2D eigenvalue weighted by atomic mass is 10.1. The summed E-state index contributed by atoms with van der Waals surface area (Å²) in [6.07, 6.45) is 2.51. The predicted molar refractivity (Wildman–Crippen MR) is 135 cm³/mol. The molecular weight excluding hydrogens is 484 g/mol. The van der Waals surface area contributed by atoms with Crippen molar-refractivity contribution in [3.63, 3.8) is 0 Å². The van der Waals surface area contributed by atoms with Crippen molar-refractivity contribution >= 4 is 44.9 Å². The van der Waals surface area contributed by atoms with Crippen molar-refractivity contribution in [1.29, 1.82) is 0 Å². The van der Waals surface area contributed by atoms with Gasteiger partial charge in [-0.25, -0.2) is 0 Å². The number of hydrogen-bond acceptors (Lipinski definition) is 3. The van der Waals surface area contributed by atoms with Gasteiger partial charge in [-0.15, -0.1) is 0 Å². The van der Waals surface area contributed by atoms with E-state index >= 15 is 0 Å². The molecule has 2 heterocycles. The Labute approximate surface area is 201 Å². The minimum Gasteiger partial charge on any atom is -0.318 e. The first-order valence-corrected chi connectivity index (χ1v) is 12.1. The zero-order valence-electron chi connectivity index (χ0n) is 18.6. The molecule has 2 aromatic carbocycles. The number of rotatable bonds is 5. The Morgan fingerprint density at radius 2 is 1.62 bits per heavy atom. The predicted octanol–water partition coefficient (Wildman–Crippen LogP) is 6.75. The van der Waals surface area contributed by atoms with Crippen LogP contribution in [0, 0.1) is 27.7 Å². The third-order valence-electron chi connectivity index (χ3n) is 5.78. The van der Waals surface area contributed by atoms with Crippen molar-refractivity contribution in [2.75, 3.05) is 6.54 Å². The van der Waals surface area contributed by atoms with E-state index in [1.165, 1.54) is 16.0 Å². The molecule has 0 bridgehead atoms. The molecule has 6 heteroatoms. The minimum atomic E-state index is -0.212. The summed E-state index contributed by atoms with van der Waals surface area (Å²) in [7, 11) is 0. The van der Waals surface area contributed by atoms with Crippen LogP contribution in [-0.2, 0) is 11.2 Å². The van der Waals surface area contributed by atoms with E-state index in [0.29, 0.717) is 17.9 Å². The van der Waals surface area contributed by atoms with Gasteiger partial charge >= 0.3 is 0 Å². The van der Waals surface area contributed by atoms with Crippen molar-refractivity contribution in [3.05, 3.63) is 91.6 Å². The Morgan fingerprint density at radius 1 is 0.969 bits per heavy atom. The van der Waals surface area contributed by atoms with Gasteiger partial charge in [0.25, 0.3) is 11.1 Å². The van der Waals surface area contributed by atoms with Gasteiger partial charge < -0.3 is 4.57 Å². The Morgan fingerprint density at radius 3 is 2.28 bits per heavy atom. The molecule has 0 aliphatic carbocycles. The molecule has 0 unspecified atom stereocenters. The third kappa shape index (κ3) is 4.34. The van der Waals surface area contributed by atoms with Gasteiger partial charge in [-0.05, 0) is 92.4 Å². The maximum atomic E-state index is 12.9. The molecule has 2 amide bonds. The van der Waals surface area contributed by atoms with E-state index in [1.54, 1.807) is 0 Å². The molecular formula is C26H25BrN2O2S. The molecule has 0 atom stereocenters. The topological polar surface area (TPSA) is 42.3 Å². The SMILES string of the molecule is Cc1cc(-n2c(C)cc(/C=C3\SC(=O)N(CCc4ccccc4)C3=O)c2C)cc(C)c1Br. The number of aromatic nitrogens is 1. The summed E-state index contributed by atoms with van der Waals surface area (Å²) < 4.78 is 3.31. The van der Waals surface area contributed by atoms with Crippen molar-refractivity contribution in [1.82, 2.24) is 9.47 Å². The Hall–Kier alpha value is -2.57. The first-order valence-electron chi connectivity index (χ1n) is 10.5. The summed E-state index contributed by atoms with van der Waals surface area (Å²) >= 11 is 4.66. The molecule has 1 aliphatic rings. The lowest BCUT2D eigenvalue weighted by Gasteiger charge is -2.13. The Balaban J connectivity index is 1.60. The standard InChI is InChI=1S/C26H25BrN2O2S/c1-16-12-22(13-17(2)24(16)27)29-18(3)14-21(19(29)4)15-23-25(30)28(26(31)32-23)11-10-20-8-6-5-7-9-20/h5-9,12-15H,10-11H2,1-4H3/b23-15-. The number of amides is 2. The van der Waals surface area contributed by atoms with Gasteiger partial charge in [0.15, 0.2) is 0 Å². The van der Waals surface area contributed by atoms with Crippen LogP contribution in [0.2, 0.25) is 0 Å². The highest BCUT2D eigenvalue weighted by Gasteiger charge is 2.34. The van der Waals surface area contributed by atoms with Crippen LogP contribution in [0.3, 0.4) is 0 Å². The van der Waals surface area contributed by atoms with Crippen LogP contribution in [0.4, 0.5) is 4.79 Å². The summed E-state index contributed by atoms with van der Waals surface area (Å²) in [6.45, 7) is 8.67. The molecule has 0 spiro atoms. The van der Waals surface area contributed by atoms with Crippen LogP contribution in [0.25, 0.3) is 11.8 Å². The van der Waals surface area contributed by atoms with Crippen molar-refractivity contribution in [2.24, 2.45) is 0 Å². The van der Waals surface area contributed by atoms with Gasteiger partial charge in [0.2, 0.25) is 0 Å². The molecule has 4 nitrogen and oxygen atoms in total. The van der Waals surface area contributed by atoms with Crippen LogP contribution >= 0.6 is 27.7 Å². The van der Waals surface area contributed by atoms with E-state index in [-0.39, 0.29) is 11.1 Å². The molecule has 164 valence electrons. The van der Waals surface area contributed by atoms with E-state index in [4.69, 9.17) is 0 Å². The minimum absolute atomic E-state index is 0.204. The molecule has 0 saturated carbocycles. The molecule has 32 heavy (non-hydrogen) atoms. The van der Waals surface area contributed by atoms with Crippen LogP contribution in [-0.4, -0.2) is 27.2 Å². The first-order chi connectivity index (χ1) is 15.3. The van der Waals surface area contributed by atoms with Crippen LogP contribution in [0.1, 0.15) is 33.6 Å². The summed E-state index contributed by atoms with van der Waals surface area (Å²) in [4.78, 5) is 27.3. The molecule has 1 fully saturated rings. The van der Waals surface area contributed by atoms with Crippen molar-refractivity contribution < 1.29 is 9.59 Å². The lowest BCUT2D eigenvalue weighted by Crippen LogP contribution is -2.30. The Kier molecular flexibility index (Phi) is 6.45. The number of carbonyl (C=O) groups is 2. The second-order valence-electron chi connectivity index (χ2n) is 8.12. The maximum absolute atomic E-state index is 12.9. The van der Waals surface area contributed by atoms with Crippen LogP contribution in [0.5, 0.6) is 0 Å². The molecule has 0 N–H and O–H groups in total. The number of halogens is 1. The zero-order valence-corrected chi connectivity index (χ0v) is 21.0. The van der Waals surface area contributed by atoms with E-state index in [1.807, 2.05) is 43.3 Å². The fraction of sp³-hybridized carbons (Fsp3) is 0.231. The Bertz CT molecular complexity index is 1220. The smallest absolute Gasteiger partial charge is 0.293 e. The molecule has 1 saturated heterocycles. The van der Waals surface area contributed by atoms with Gasteiger partial charge in [0, 0.05) is 28.1 Å². The highest BCUT2D eigenvalue weighted by atomic mass is 79.9. The maximum Gasteiger partial charge on any atom is 0.293 e. The van der Waals surface area contributed by atoms with E-state index < -0.39 is 0 Å². The normalized spacial score (nSPS) is 15.3. The molecule has 1 aromatic heterocycles. The largest absolute Gasteiger partial charge is 0.318 e. The first kappa shape index (κ1) is 22.6. The number of hydrogen-bond donors (Lipinski definition) is 0. The van der Waals surface area contributed by atoms with Crippen molar-refractivity contribution in [3.8, 4) is 5.69 Å². The third-order valence-corrected chi connectivity index (χ3v) is 7.94. The molecule has 3 aromatic rings. The fourth-order valence-corrected chi connectivity index (χ4v) is 5.19. The van der Waals surface area contributed by atoms with Gasteiger partial charge in [0.1, 0.15) is 0 Å². The van der Waals surface area contributed by atoms with E-state index in [9.17, 15) is 9.59 Å². The number of aryl methyl sites for hydroxylation is 3. The second kappa shape index (κ2) is 9.12. The number of imide groups is 1. The molecule has 4 rings (SSSR count). The summed E-state index contributed by atoms with van der Waals surface area (Å²) in [6, 6.07) is 16.3. The molecule has 1 aliphatic heterocycles.